The van der Waals surface area contributed by atoms with Gasteiger partial charge in [-0.3, -0.25) is 4.90 Å². The van der Waals surface area contributed by atoms with Crippen molar-refractivity contribution < 1.29 is 0 Å². The van der Waals surface area contributed by atoms with E-state index in [4.69, 9.17) is 5.73 Å². The van der Waals surface area contributed by atoms with E-state index in [1.54, 1.807) is 0 Å². The lowest BCUT2D eigenvalue weighted by Crippen LogP contribution is -2.51. The number of hydrogen-bond donors (Lipinski definition) is 1. The second-order valence-electron chi connectivity index (χ2n) is 5.73. The van der Waals surface area contributed by atoms with Crippen LogP contribution < -0.4 is 5.73 Å². The van der Waals surface area contributed by atoms with E-state index < -0.39 is 0 Å². The third-order valence-electron chi connectivity index (χ3n) is 4.05. The van der Waals surface area contributed by atoms with Crippen molar-refractivity contribution in [3.8, 4) is 0 Å². The molecule has 2 N–H and O–H groups in total. The fourth-order valence-corrected chi connectivity index (χ4v) is 2.56. The second kappa shape index (κ2) is 3.49. The molecular weight excluding hydrogens is 172 g/mol. The van der Waals surface area contributed by atoms with Crippen LogP contribution in [0.15, 0.2) is 0 Å². The summed E-state index contributed by atoms with van der Waals surface area (Å²) in [5.41, 5.74) is 5.87. The fourth-order valence-electron chi connectivity index (χ4n) is 2.56. The first-order valence-electron chi connectivity index (χ1n) is 6.31. The maximum absolute atomic E-state index is 5.87. The Labute approximate surface area is 86.8 Å². The van der Waals surface area contributed by atoms with Gasteiger partial charge in [-0.1, -0.05) is 0 Å². The minimum atomic E-state index is 0.515. The van der Waals surface area contributed by atoms with E-state index in [2.05, 4.69) is 4.90 Å². The van der Waals surface area contributed by atoms with Crippen LogP contribution in [0.25, 0.3) is 0 Å². The summed E-state index contributed by atoms with van der Waals surface area (Å²) in [5, 5.41) is 0. The normalized spacial score (nSPS) is 37.3. The van der Waals surface area contributed by atoms with Gasteiger partial charge in [0.05, 0.1) is 0 Å². The van der Waals surface area contributed by atoms with Crippen molar-refractivity contribution in [3.63, 3.8) is 0 Å². The molecule has 3 fully saturated rings. The Kier molecular flexibility index (Phi) is 2.29. The molecule has 2 heteroatoms. The van der Waals surface area contributed by atoms with Crippen molar-refractivity contribution in [1.29, 1.82) is 0 Å². The van der Waals surface area contributed by atoms with Crippen LogP contribution in [0, 0.1) is 11.8 Å². The predicted molar refractivity (Wildman–Crippen MR) is 58.0 cm³/mol. The molecule has 14 heavy (non-hydrogen) atoms. The highest BCUT2D eigenvalue weighted by Crippen LogP contribution is 2.37. The quantitative estimate of drug-likeness (QED) is 0.720. The summed E-state index contributed by atoms with van der Waals surface area (Å²) in [4.78, 5) is 2.76. The first kappa shape index (κ1) is 9.17. The number of nitrogens with zero attached hydrogens (tertiary/aromatic N) is 1. The molecule has 0 aromatic carbocycles. The van der Waals surface area contributed by atoms with Crippen LogP contribution in [0.5, 0.6) is 0 Å². The standard InChI is InChI=1S/C12H22N2/c13-11-5-12(6-11)14(7-9-1-2-9)8-10-3-4-10/h9-12H,1-8,13H2. The van der Waals surface area contributed by atoms with Crippen LogP contribution in [0.2, 0.25) is 0 Å². The molecule has 3 rings (SSSR count). The Bertz CT molecular complexity index is 188. The summed E-state index contributed by atoms with van der Waals surface area (Å²) in [5.74, 6) is 2.09. The molecule has 0 aliphatic heterocycles. The minimum absolute atomic E-state index is 0.515. The average molecular weight is 194 g/mol. The zero-order valence-electron chi connectivity index (χ0n) is 8.99. The van der Waals surface area contributed by atoms with Crippen molar-refractivity contribution in [2.45, 2.75) is 50.6 Å². The number of rotatable bonds is 5. The average Bonchev–Trinajstić information content (AvgIpc) is 2.90. The van der Waals surface area contributed by atoms with Crippen molar-refractivity contribution in [2.24, 2.45) is 17.6 Å². The van der Waals surface area contributed by atoms with Crippen molar-refractivity contribution in [2.75, 3.05) is 13.1 Å². The highest BCUT2D eigenvalue weighted by molar-refractivity contribution is 4.93. The van der Waals surface area contributed by atoms with Gasteiger partial charge in [0.15, 0.2) is 0 Å². The molecule has 0 heterocycles. The summed E-state index contributed by atoms with van der Waals surface area (Å²) in [7, 11) is 0. The van der Waals surface area contributed by atoms with Crippen LogP contribution >= 0.6 is 0 Å². The molecule has 0 amide bonds. The first-order chi connectivity index (χ1) is 6.81. The zero-order chi connectivity index (χ0) is 9.54. The van der Waals surface area contributed by atoms with Gasteiger partial charge in [-0.25, -0.2) is 0 Å². The summed E-state index contributed by atoms with van der Waals surface area (Å²) in [6, 6.07) is 1.37. The molecule has 3 aliphatic carbocycles. The van der Waals surface area contributed by atoms with E-state index >= 15 is 0 Å². The third kappa shape index (κ3) is 2.12. The third-order valence-corrected chi connectivity index (χ3v) is 4.05. The Morgan fingerprint density at radius 1 is 0.929 bits per heavy atom. The predicted octanol–water partition coefficient (Wildman–Crippen LogP) is 1.60. The van der Waals surface area contributed by atoms with Gasteiger partial charge in [-0.15, -0.1) is 0 Å². The van der Waals surface area contributed by atoms with Crippen LogP contribution in [0.4, 0.5) is 0 Å². The summed E-state index contributed by atoms with van der Waals surface area (Å²) < 4.78 is 0. The number of hydrogen-bond acceptors (Lipinski definition) is 2. The molecule has 0 atom stereocenters. The lowest BCUT2D eigenvalue weighted by atomic mass is 9.86. The van der Waals surface area contributed by atoms with Gasteiger partial charge in [-0.05, 0) is 50.4 Å². The Morgan fingerprint density at radius 3 is 1.79 bits per heavy atom. The fraction of sp³-hybridized carbons (Fsp3) is 1.00. The summed E-state index contributed by atoms with van der Waals surface area (Å²) in [6.45, 7) is 2.77. The van der Waals surface area contributed by atoms with Crippen LogP contribution in [0.3, 0.4) is 0 Å². The van der Waals surface area contributed by atoms with Crippen LogP contribution in [0.1, 0.15) is 38.5 Å². The maximum Gasteiger partial charge on any atom is 0.0125 e. The Balaban J connectivity index is 1.50. The molecule has 3 saturated carbocycles. The topological polar surface area (TPSA) is 29.3 Å². The molecule has 0 aromatic rings. The summed E-state index contributed by atoms with van der Waals surface area (Å²) in [6.07, 6.45) is 8.47. The van der Waals surface area contributed by atoms with E-state index in [0.29, 0.717) is 6.04 Å². The highest BCUT2D eigenvalue weighted by Gasteiger charge is 2.37. The van der Waals surface area contributed by atoms with Gasteiger partial charge in [0.2, 0.25) is 0 Å². The molecule has 0 spiro atoms. The molecule has 0 radical (unpaired) electrons. The SMILES string of the molecule is NC1CC(N(CC2CC2)CC2CC2)C1. The van der Waals surface area contributed by atoms with Crippen LogP contribution in [-0.4, -0.2) is 30.1 Å². The molecule has 0 aromatic heterocycles. The van der Waals surface area contributed by atoms with Gasteiger partial charge in [0, 0.05) is 25.2 Å². The van der Waals surface area contributed by atoms with E-state index in [9.17, 15) is 0 Å². The van der Waals surface area contributed by atoms with Crippen molar-refractivity contribution in [1.82, 2.24) is 4.90 Å². The lowest BCUT2D eigenvalue weighted by molar-refractivity contribution is 0.100. The molecule has 2 nitrogen and oxygen atoms in total. The van der Waals surface area contributed by atoms with E-state index in [-0.39, 0.29) is 0 Å². The van der Waals surface area contributed by atoms with Gasteiger partial charge in [-0.2, -0.15) is 0 Å². The first-order valence-corrected chi connectivity index (χ1v) is 6.31. The molecule has 80 valence electrons. The van der Waals surface area contributed by atoms with Gasteiger partial charge >= 0.3 is 0 Å². The number of nitrogens with two attached hydrogens (primary N) is 1. The highest BCUT2D eigenvalue weighted by atomic mass is 15.2. The van der Waals surface area contributed by atoms with Crippen LogP contribution in [-0.2, 0) is 0 Å². The van der Waals surface area contributed by atoms with E-state index in [0.717, 1.165) is 17.9 Å². The maximum atomic E-state index is 5.87. The molecule has 0 saturated heterocycles. The Morgan fingerprint density at radius 2 is 1.43 bits per heavy atom. The van der Waals surface area contributed by atoms with E-state index in [1.165, 1.54) is 51.6 Å². The molecule has 0 unspecified atom stereocenters. The summed E-state index contributed by atoms with van der Waals surface area (Å²) >= 11 is 0. The van der Waals surface area contributed by atoms with E-state index in [1.807, 2.05) is 0 Å². The lowest BCUT2D eigenvalue weighted by Gasteiger charge is -2.41. The molecule has 0 bridgehead atoms. The minimum Gasteiger partial charge on any atom is -0.328 e. The monoisotopic (exact) mass is 194 g/mol. The Hall–Kier alpha value is -0.0800. The van der Waals surface area contributed by atoms with Gasteiger partial charge in [0.1, 0.15) is 0 Å². The second-order valence-corrected chi connectivity index (χ2v) is 5.73. The smallest absolute Gasteiger partial charge is 0.0125 e. The largest absolute Gasteiger partial charge is 0.328 e. The zero-order valence-corrected chi connectivity index (χ0v) is 8.99. The molecular formula is C12H22N2. The van der Waals surface area contributed by atoms with Gasteiger partial charge in [0.25, 0.3) is 0 Å². The molecule has 3 aliphatic rings. The van der Waals surface area contributed by atoms with Gasteiger partial charge < -0.3 is 5.73 Å². The van der Waals surface area contributed by atoms with Crippen molar-refractivity contribution >= 4 is 0 Å². The van der Waals surface area contributed by atoms with Crippen molar-refractivity contribution in [3.05, 3.63) is 0 Å².